The monoisotopic (exact) mass is 247 g/mol. The van der Waals surface area contributed by atoms with E-state index >= 15 is 0 Å². The maximum absolute atomic E-state index is 13.1. The van der Waals surface area contributed by atoms with Crippen LogP contribution in [0, 0.1) is 18.6 Å². The van der Waals surface area contributed by atoms with Crippen molar-refractivity contribution in [1.29, 1.82) is 0 Å². The fourth-order valence-electron chi connectivity index (χ4n) is 0.845. The van der Waals surface area contributed by atoms with E-state index in [2.05, 4.69) is 20.9 Å². The van der Waals surface area contributed by atoms with Gasteiger partial charge >= 0.3 is 0 Å². The Morgan fingerprint density at radius 1 is 1.46 bits per heavy atom. The number of isocyanates is 1. The van der Waals surface area contributed by atoms with Gasteiger partial charge in [-0.2, -0.15) is 4.99 Å². The molecule has 0 saturated carbocycles. The Kier molecular flexibility index (Phi) is 2.90. The first-order valence-corrected chi connectivity index (χ1v) is 4.09. The highest BCUT2D eigenvalue weighted by Gasteiger charge is 2.13. The van der Waals surface area contributed by atoms with Crippen molar-refractivity contribution in [3.63, 3.8) is 0 Å². The standard InChI is InChI=1S/C8H4BrF2NO/c1-4-7(10)5(9)2-6(8(4)11)12-3-13/h2H,1H3. The van der Waals surface area contributed by atoms with Crippen LogP contribution in [0.4, 0.5) is 14.5 Å². The average Bonchev–Trinajstić information content (AvgIpc) is 2.11. The normalized spacial score (nSPS) is 9.54. The summed E-state index contributed by atoms with van der Waals surface area (Å²) in [5.41, 5.74) is -0.399. The summed E-state index contributed by atoms with van der Waals surface area (Å²) in [6, 6.07) is 1.09. The molecule has 0 aliphatic heterocycles. The average molecular weight is 248 g/mol. The Hall–Kier alpha value is -1.06. The molecule has 0 fully saturated rings. The number of benzene rings is 1. The summed E-state index contributed by atoms with van der Waals surface area (Å²) in [5, 5.41) is 0. The quantitative estimate of drug-likeness (QED) is 0.426. The van der Waals surface area contributed by atoms with Gasteiger partial charge in [-0.1, -0.05) is 0 Å². The smallest absolute Gasteiger partial charge is 0.211 e. The maximum atomic E-state index is 13.1. The van der Waals surface area contributed by atoms with Crippen molar-refractivity contribution in [2.45, 2.75) is 6.92 Å². The van der Waals surface area contributed by atoms with Gasteiger partial charge in [0.15, 0.2) is 5.82 Å². The highest BCUT2D eigenvalue weighted by molar-refractivity contribution is 9.10. The molecule has 0 aliphatic rings. The van der Waals surface area contributed by atoms with E-state index in [1.165, 1.54) is 13.0 Å². The molecule has 0 atom stereocenters. The first-order valence-electron chi connectivity index (χ1n) is 3.30. The lowest BCUT2D eigenvalue weighted by Crippen LogP contribution is -1.90. The van der Waals surface area contributed by atoms with Crippen molar-refractivity contribution in [3.8, 4) is 0 Å². The van der Waals surface area contributed by atoms with Crippen LogP contribution in [0.15, 0.2) is 15.5 Å². The van der Waals surface area contributed by atoms with Crippen LogP contribution in [0.1, 0.15) is 5.56 Å². The van der Waals surface area contributed by atoms with Gasteiger partial charge in [-0.05, 0) is 28.9 Å². The van der Waals surface area contributed by atoms with Crippen molar-refractivity contribution < 1.29 is 13.6 Å². The van der Waals surface area contributed by atoms with E-state index in [0.717, 1.165) is 6.07 Å². The number of aliphatic imine (C=N–C) groups is 1. The summed E-state index contributed by atoms with van der Waals surface area (Å²) in [6.45, 7) is 1.26. The zero-order valence-electron chi connectivity index (χ0n) is 6.57. The van der Waals surface area contributed by atoms with Gasteiger partial charge in [0.2, 0.25) is 6.08 Å². The molecule has 0 aliphatic carbocycles. The van der Waals surface area contributed by atoms with Crippen molar-refractivity contribution in [1.82, 2.24) is 0 Å². The number of halogens is 3. The first kappa shape index (κ1) is 10.0. The van der Waals surface area contributed by atoms with Crippen LogP contribution in [-0.2, 0) is 4.79 Å². The molecular weight excluding hydrogens is 244 g/mol. The SMILES string of the molecule is Cc1c(F)c(Br)cc(N=C=O)c1F. The molecule has 5 heteroatoms. The molecule has 0 heterocycles. The first-order chi connectivity index (χ1) is 6.07. The second kappa shape index (κ2) is 3.77. The second-order valence-corrected chi connectivity index (χ2v) is 3.19. The van der Waals surface area contributed by atoms with E-state index in [0.29, 0.717) is 0 Å². The summed E-state index contributed by atoms with van der Waals surface area (Å²) in [7, 11) is 0. The van der Waals surface area contributed by atoms with Crippen molar-refractivity contribution in [2.75, 3.05) is 0 Å². The molecule has 2 nitrogen and oxygen atoms in total. The van der Waals surface area contributed by atoms with Gasteiger partial charge in [0.05, 0.1) is 4.47 Å². The molecule has 0 saturated heterocycles. The molecular formula is C8H4BrF2NO. The minimum Gasteiger partial charge on any atom is -0.211 e. The number of nitrogens with zero attached hydrogens (tertiary/aromatic N) is 1. The zero-order chi connectivity index (χ0) is 10.0. The molecule has 68 valence electrons. The second-order valence-electron chi connectivity index (χ2n) is 2.33. The summed E-state index contributed by atoms with van der Waals surface area (Å²) in [6.07, 6.45) is 1.19. The Balaban J connectivity index is 3.49. The minimum atomic E-state index is -0.843. The molecule has 0 N–H and O–H groups in total. The fraction of sp³-hybridized carbons (Fsp3) is 0.125. The Morgan fingerprint density at radius 2 is 2.08 bits per heavy atom. The largest absolute Gasteiger partial charge is 0.240 e. The van der Waals surface area contributed by atoms with Crippen molar-refractivity contribution in [3.05, 3.63) is 27.7 Å². The van der Waals surface area contributed by atoms with Gasteiger partial charge in [-0.3, -0.25) is 0 Å². The van der Waals surface area contributed by atoms with Crippen LogP contribution >= 0.6 is 15.9 Å². The third kappa shape index (κ3) is 1.82. The third-order valence-electron chi connectivity index (χ3n) is 1.52. The summed E-state index contributed by atoms with van der Waals surface area (Å²) in [4.78, 5) is 13.0. The molecule has 13 heavy (non-hydrogen) atoms. The van der Waals surface area contributed by atoms with Crippen molar-refractivity contribution in [2.24, 2.45) is 4.99 Å². The van der Waals surface area contributed by atoms with Crippen LogP contribution < -0.4 is 0 Å². The van der Waals surface area contributed by atoms with Gasteiger partial charge in [0, 0.05) is 5.56 Å². The van der Waals surface area contributed by atoms with E-state index in [9.17, 15) is 13.6 Å². The molecule has 1 rings (SSSR count). The summed E-state index contributed by atoms with van der Waals surface area (Å²) in [5.74, 6) is -1.54. The maximum Gasteiger partial charge on any atom is 0.240 e. The predicted octanol–water partition coefficient (Wildman–Crippen LogP) is 3.00. The number of rotatable bonds is 1. The molecule has 1 aromatic carbocycles. The molecule has 1 aromatic rings. The number of hydrogen-bond donors (Lipinski definition) is 0. The predicted molar refractivity (Wildman–Crippen MR) is 46.6 cm³/mol. The fourth-order valence-corrected chi connectivity index (χ4v) is 1.36. The van der Waals surface area contributed by atoms with E-state index in [-0.39, 0.29) is 15.7 Å². The Morgan fingerprint density at radius 3 is 2.62 bits per heavy atom. The van der Waals surface area contributed by atoms with E-state index in [1.54, 1.807) is 0 Å². The lowest BCUT2D eigenvalue weighted by Gasteiger charge is -2.02. The van der Waals surface area contributed by atoms with Crippen molar-refractivity contribution >= 4 is 27.7 Å². The lowest BCUT2D eigenvalue weighted by atomic mass is 10.2. The van der Waals surface area contributed by atoms with Crippen LogP contribution in [-0.4, -0.2) is 6.08 Å². The minimum absolute atomic E-state index is 0.0698. The van der Waals surface area contributed by atoms with E-state index < -0.39 is 11.6 Å². The highest BCUT2D eigenvalue weighted by atomic mass is 79.9. The van der Waals surface area contributed by atoms with Crippen LogP contribution in [0.25, 0.3) is 0 Å². The molecule has 0 amide bonds. The van der Waals surface area contributed by atoms with Crippen LogP contribution in [0.3, 0.4) is 0 Å². The Bertz CT molecular complexity index is 400. The molecule has 0 aromatic heterocycles. The molecule has 0 spiro atoms. The number of carbonyl (C=O) groups excluding carboxylic acids is 1. The summed E-state index contributed by atoms with van der Waals surface area (Å²) < 4.78 is 26.2. The molecule has 0 unspecified atom stereocenters. The molecule has 0 bridgehead atoms. The number of hydrogen-bond acceptors (Lipinski definition) is 2. The van der Waals surface area contributed by atoms with Gasteiger partial charge in [0.25, 0.3) is 0 Å². The van der Waals surface area contributed by atoms with Crippen LogP contribution in [0.2, 0.25) is 0 Å². The molecule has 0 radical (unpaired) electrons. The van der Waals surface area contributed by atoms with Gasteiger partial charge in [-0.25, -0.2) is 13.6 Å². The highest BCUT2D eigenvalue weighted by Crippen LogP contribution is 2.29. The van der Waals surface area contributed by atoms with Gasteiger partial charge < -0.3 is 0 Å². The van der Waals surface area contributed by atoms with Crippen LogP contribution in [0.5, 0.6) is 0 Å². The zero-order valence-corrected chi connectivity index (χ0v) is 8.15. The Labute approximate surface area is 81.4 Å². The summed E-state index contributed by atoms with van der Waals surface area (Å²) >= 11 is 2.87. The van der Waals surface area contributed by atoms with E-state index in [1.807, 2.05) is 0 Å². The third-order valence-corrected chi connectivity index (χ3v) is 2.10. The van der Waals surface area contributed by atoms with Gasteiger partial charge in [-0.15, -0.1) is 0 Å². The van der Waals surface area contributed by atoms with Gasteiger partial charge in [0.1, 0.15) is 11.5 Å². The lowest BCUT2D eigenvalue weighted by molar-refractivity contribution is 0.558. The van der Waals surface area contributed by atoms with E-state index in [4.69, 9.17) is 0 Å². The topological polar surface area (TPSA) is 29.4 Å².